The van der Waals surface area contributed by atoms with Crippen LogP contribution in [0.4, 0.5) is 0 Å². The third-order valence-electron chi connectivity index (χ3n) is 9.59. The molecular formula is C40H26N2O2. The van der Waals surface area contributed by atoms with Crippen molar-refractivity contribution in [2.75, 3.05) is 0 Å². The SMILES string of the molecule is C1=CCC2C(=C1)Oc1c2cc(C2=CC=CC(c3cnc4c5ccccc5c5ccccc5c4n3)C2)c2oc3ccccc3c12. The summed E-state index contributed by atoms with van der Waals surface area (Å²) >= 11 is 0. The summed E-state index contributed by atoms with van der Waals surface area (Å²) < 4.78 is 13.1. The Morgan fingerprint density at radius 3 is 2.34 bits per heavy atom. The van der Waals surface area contributed by atoms with Gasteiger partial charge in [-0.25, -0.2) is 4.98 Å². The molecule has 4 heteroatoms. The van der Waals surface area contributed by atoms with Crippen LogP contribution in [0.2, 0.25) is 0 Å². The second kappa shape index (κ2) is 9.01. The van der Waals surface area contributed by atoms with Gasteiger partial charge in [-0.05, 0) is 47.4 Å². The van der Waals surface area contributed by atoms with Crippen LogP contribution in [0.25, 0.3) is 60.1 Å². The average Bonchev–Trinajstić information content (AvgIpc) is 3.66. The molecule has 4 nitrogen and oxygen atoms in total. The number of aromatic nitrogens is 2. The van der Waals surface area contributed by atoms with E-state index >= 15 is 0 Å². The fourth-order valence-electron chi connectivity index (χ4n) is 7.51. The Labute approximate surface area is 253 Å². The molecule has 0 spiro atoms. The van der Waals surface area contributed by atoms with E-state index in [9.17, 15) is 0 Å². The highest BCUT2D eigenvalue weighted by Gasteiger charge is 2.35. The smallest absolute Gasteiger partial charge is 0.146 e. The molecule has 0 N–H and O–H groups in total. The first-order valence-electron chi connectivity index (χ1n) is 15.3. The Balaban J connectivity index is 1.12. The van der Waals surface area contributed by atoms with Gasteiger partial charge in [-0.1, -0.05) is 97.1 Å². The molecule has 2 aliphatic carbocycles. The molecule has 1 aliphatic heterocycles. The fourth-order valence-corrected chi connectivity index (χ4v) is 7.51. The largest absolute Gasteiger partial charge is 0.460 e. The number of ether oxygens (including phenoxy) is 1. The van der Waals surface area contributed by atoms with Crippen molar-refractivity contribution in [1.29, 1.82) is 0 Å². The summed E-state index contributed by atoms with van der Waals surface area (Å²) in [6.45, 7) is 0. The molecule has 5 aromatic carbocycles. The number of benzene rings is 5. The van der Waals surface area contributed by atoms with Crippen molar-refractivity contribution >= 4 is 60.1 Å². The maximum absolute atomic E-state index is 6.60. The Kier molecular flexibility index (Phi) is 4.92. The summed E-state index contributed by atoms with van der Waals surface area (Å²) in [6.07, 6.45) is 16.8. The minimum atomic E-state index is 0.0918. The standard InChI is InChI=1S/C40H26N2O2/c1-3-15-28-25(12-1)26-13-2-4-16-29(26)38-37(28)41-22-33(42-38)24-11-9-10-23(20-24)31-21-32-27-14-5-7-18-34(27)43-40(32)36-30-17-6-8-19-35(30)44-39(31)36/h1-13,15-19,21-22,24,27H,14,20H2. The lowest BCUT2D eigenvalue weighted by Gasteiger charge is -2.20. The van der Waals surface area contributed by atoms with E-state index in [0.717, 1.165) is 79.4 Å². The number of fused-ring (bicyclic) bond motifs is 13. The Hall–Kier alpha value is -5.48. The van der Waals surface area contributed by atoms with Gasteiger partial charge in [-0.2, -0.15) is 0 Å². The number of para-hydroxylation sites is 1. The zero-order chi connectivity index (χ0) is 28.8. The van der Waals surface area contributed by atoms with E-state index in [-0.39, 0.29) is 11.8 Å². The van der Waals surface area contributed by atoms with Crippen LogP contribution >= 0.6 is 0 Å². The van der Waals surface area contributed by atoms with E-state index in [1.165, 1.54) is 21.9 Å². The molecule has 10 rings (SSSR count). The van der Waals surface area contributed by atoms with E-state index in [0.29, 0.717) is 0 Å². The van der Waals surface area contributed by atoms with Crippen molar-refractivity contribution in [1.82, 2.24) is 9.97 Å². The number of hydrogen-bond acceptors (Lipinski definition) is 4. The van der Waals surface area contributed by atoms with Gasteiger partial charge in [0, 0.05) is 45.3 Å². The predicted octanol–water partition coefficient (Wildman–Crippen LogP) is 10.3. The number of allylic oxidation sites excluding steroid dienone is 8. The van der Waals surface area contributed by atoms with Gasteiger partial charge in [0.05, 0.1) is 22.1 Å². The molecule has 2 unspecified atom stereocenters. The third kappa shape index (κ3) is 3.34. The second-order valence-electron chi connectivity index (χ2n) is 12.0. The summed E-state index contributed by atoms with van der Waals surface area (Å²) in [5.74, 6) is 2.29. The van der Waals surface area contributed by atoms with Crippen molar-refractivity contribution in [2.24, 2.45) is 0 Å². The molecule has 44 heavy (non-hydrogen) atoms. The van der Waals surface area contributed by atoms with Gasteiger partial charge in [-0.15, -0.1) is 0 Å². The highest BCUT2D eigenvalue weighted by Crippen LogP contribution is 2.53. The van der Waals surface area contributed by atoms with Crippen molar-refractivity contribution < 1.29 is 9.15 Å². The summed E-state index contributed by atoms with van der Waals surface area (Å²) in [6, 6.07) is 27.6. The second-order valence-corrected chi connectivity index (χ2v) is 12.0. The van der Waals surface area contributed by atoms with Crippen molar-refractivity contribution in [2.45, 2.75) is 24.7 Å². The lowest BCUT2D eigenvalue weighted by atomic mass is 9.84. The number of nitrogens with zero attached hydrogens (tertiary/aromatic N) is 2. The third-order valence-corrected chi connectivity index (χ3v) is 9.59. The maximum Gasteiger partial charge on any atom is 0.146 e. The van der Waals surface area contributed by atoms with Crippen molar-refractivity contribution in [3.05, 3.63) is 144 Å². The normalized spacial score (nSPS) is 19.0. The molecule has 0 fully saturated rings. The maximum atomic E-state index is 6.60. The van der Waals surface area contributed by atoms with Crippen LogP contribution in [0.3, 0.4) is 0 Å². The van der Waals surface area contributed by atoms with Crippen LogP contribution < -0.4 is 4.74 Å². The van der Waals surface area contributed by atoms with Gasteiger partial charge in [0.25, 0.3) is 0 Å². The Morgan fingerprint density at radius 2 is 1.50 bits per heavy atom. The monoisotopic (exact) mass is 566 g/mol. The lowest BCUT2D eigenvalue weighted by molar-refractivity contribution is 0.429. The molecule has 0 saturated carbocycles. The topological polar surface area (TPSA) is 48.2 Å². The van der Waals surface area contributed by atoms with Crippen molar-refractivity contribution in [3.8, 4) is 5.75 Å². The average molecular weight is 567 g/mol. The Morgan fingerprint density at radius 1 is 0.750 bits per heavy atom. The Bertz CT molecular complexity index is 2460. The van der Waals surface area contributed by atoms with E-state index in [4.69, 9.17) is 19.1 Å². The molecule has 2 atom stereocenters. The number of hydrogen-bond donors (Lipinski definition) is 0. The molecular weight excluding hydrogens is 540 g/mol. The first-order valence-corrected chi connectivity index (χ1v) is 15.3. The molecule has 208 valence electrons. The minimum absolute atomic E-state index is 0.0918. The molecule has 2 aromatic heterocycles. The fraction of sp³-hybridized carbons (Fsp3) is 0.100. The van der Waals surface area contributed by atoms with E-state index < -0.39 is 0 Å². The van der Waals surface area contributed by atoms with Gasteiger partial charge < -0.3 is 9.15 Å². The van der Waals surface area contributed by atoms with Gasteiger partial charge in [-0.3, -0.25) is 4.98 Å². The summed E-state index contributed by atoms with van der Waals surface area (Å²) in [4.78, 5) is 10.4. The van der Waals surface area contributed by atoms with Gasteiger partial charge in [0.15, 0.2) is 0 Å². The van der Waals surface area contributed by atoms with E-state index in [1.54, 1.807) is 0 Å². The predicted molar refractivity (Wildman–Crippen MR) is 178 cm³/mol. The zero-order valence-electron chi connectivity index (χ0n) is 23.8. The molecule has 0 saturated heterocycles. The first kappa shape index (κ1) is 24.0. The summed E-state index contributed by atoms with van der Waals surface area (Å²) in [7, 11) is 0. The minimum Gasteiger partial charge on any atom is -0.460 e. The van der Waals surface area contributed by atoms with Crippen LogP contribution in [0.15, 0.2) is 132 Å². The first-order chi connectivity index (χ1) is 21.8. The van der Waals surface area contributed by atoms with Gasteiger partial charge >= 0.3 is 0 Å². The molecule has 0 radical (unpaired) electrons. The van der Waals surface area contributed by atoms with Gasteiger partial charge in [0.2, 0.25) is 0 Å². The zero-order valence-corrected chi connectivity index (χ0v) is 23.8. The highest BCUT2D eigenvalue weighted by molar-refractivity contribution is 6.23. The van der Waals surface area contributed by atoms with Crippen LogP contribution in [0.5, 0.6) is 5.75 Å². The highest BCUT2D eigenvalue weighted by atomic mass is 16.5. The van der Waals surface area contributed by atoms with Crippen molar-refractivity contribution in [3.63, 3.8) is 0 Å². The molecule has 0 amide bonds. The molecule has 3 aliphatic rings. The van der Waals surface area contributed by atoms with E-state index in [2.05, 4.69) is 103 Å². The molecule has 3 heterocycles. The number of furan rings is 1. The van der Waals surface area contributed by atoms with Crippen LogP contribution in [0, 0.1) is 0 Å². The van der Waals surface area contributed by atoms with Crippen LogP contribution in [-0.2, 0) is 0 Å². The number of rotatable bonds is 2. The van der Waals surface area contributed by atoms with E-state index in [1.807, 2.05) is 18.3 Å². The molecule has 0 bridgehead atoms. The van der Waals surface area contributed by atoms with Crippen LogP contribution in [0.1, 0.15) is 41.5 Å². The molecule has 7 aromatic rings. The lowest BCUT2D eigenvalue weighted by Crippen LogP contribution is -2.05. The van der Waals surface area contributed by atoms with Gasteiger partial charge in [0.1, 0.15) is 22.7 Å². The summed E-state index contributed by atoms with van der Waals surface area (Å²) in [5.41, 5.74) is 8.27. The quantitative estimate of drug-likeness (QED) is 0.195. The van der Waals surface area contributed by atoms with Crippen LogP contribution in [-0.4, -0.2) is 9.97 Å². The summed E-state index contributed by atoms with van der Waals surface area (Å²) in [5, 5.41) is 6.86.